The van der Waals surface area contributed by atoms with Gasteiger partial charge in [0.05, 0.1) is 30.3 Å². The Kier molecular flexibility index (Phi) is 6.97. The van der Waals surface area contributed by atoms with Crippen molar-refractivity contribution < 1.29 is 9.47 Å². The molecule has 3 rings (SSSR count). The van der Waals surface area contributed by atoms with Crippen LogP contribution in [0.2, 0.25) is 0 Å². The molecule has 0 spiro atoms. The van der Waals surface area contributed by atoms with Crippen LogP contribution in [-0.4, -0.2) is 35.6 Å². The van der Waals surface area contributed by atoms with E-state index in [-0.39, 0.29) is 11.7 Å². The number of methoxy groups -OCH3 is 1. The van der Waals surface area contributed by atoms with Crippen molar-refractivity contribution in [1.29, 1.82) is 0 Å². The Labute approximate surface area is 170 Å². The number of ether oxygens (including phenoxy) is 2. The molecule has 3 aromatic rings. The van der Waals surface area contributed by atoms with E-state index in [9.17, 15) is 4.79 Å². The van der Waals surface area contributed by atoms with Crippen LogP contribution < -0.4 is 15.7 Å². The number of benzene rings is 2. The maximum absolute atomic E-state index is 13.0. The van der Waals surface area contributed by atoms with E-state index in [0.29, 0.717) is 36.4 Å². The highest BCUT2D eigenvalue weighted by molar-refractivity contribution is 5.81. The predicted octanol–water partition coefficient (Wildman–Crippen LogP) is 3.67. The van der Waals surface area contributed by atoms with Crippen LogP contribution in [0.3, 0.4) is 0 Å². The molecule has 29 heavy (non-hydrogen) atoms. The van der Waals surface area contributed by atoms with Crippen molar-refractivity contribution in [2.75, 3.05) is 19.1 Å². The molecule has 0 unspecified atom stereocenters. The smallest absolute Gasteiger partial charge is 0.262 e. The lowest BCUT2D eigenvalue weighted by Crippen LogP contribution is -2.25. The number of aromatic nitrogens is 2. The molecule has 0 saturated heterocycles. The molecule has 0 atom stereocenters. The van der Waals surface area contributed by atoms with Crippen molar-refractivity contribution in [3.05, 3.63) is 64.4 Å². The topological polar surface area (TPSA) is 77.7 Å². The Balaban J connectivity index is 1.82. The second-order valence-corrected chi connectivity index (χ2v) is 6.83. The number of para-hydroxylation sites is 1. The fraction of sp³-hybridized carbons (Fsp3) is 0.318. The summed E-state index contributed by atoms with van der Waals surface area (Å²) in [5.41, 5.74) is 4.36. The van der Waals surface area contributed by atoms with E-state index in [4.69, 9.17) is 9.47 Å². The minimum absolute atomic E-state index is 0.0951. The summed E-state index contributed by atoms with van der Waals surface area (Å²) in [5, 5.41) is 4.85. The number of hydrazone groups is 1. The average molecular weight is 394 g/mol. The highest BCUT2D eigenvalue weighted by Crippen LogP contribution is 2.13. The van der Waals surface area contributed by atoms with E-state index in [1.807, 2.05) is 56.3 Å². The highest BCUT2D eigenvalue weighted by atomic mass is 16.5. The van der Waals surface area contributed by atoms with Crippen LogP contribution in [-0.2, 0) is 11.3 Å². The van der Waals surface area contributed by atoms with E-state index < -0.39 is 0 Å². The molecule has 0 fully saturated rings. The van der Waals surface area contributed by atoms with Gasteiger partial charge in [-0.05, 0) is 62.2 Å². The summed E-state index contributed by atoms with van der Waals surface area (Å²) >= 11 is 0. The SMILES string of the molecule is COc1ccc(/C=N\Nc2nc3ccccc3c(=O)n2CCCOC(C)C)cc1. The molecule has 0 aliphatic carbocycles. The van der Waals surface area contributed by atoms with Gasteiger partial charge in [-0.1, -0.05) is 12.1 Å². The zero-order valence-corrected chi connectivity index (χ0v) is 17.0. The maximum atomic E-state index is 13.0. The van der Waals surface area contributed by atoms with Crippen molar-refractivity contribution in [2.45, 2.75) is 32.9 Å². The quantitative estimate of drug-likeness (QED) is 0.340. The summed E-state index contributed by atoms with van der Waals surface area (Å²) in [6.45, 7) is 5.05. The van der Waals surface area contributed by atoms with Gasteiger partial charge in [0.1, 0.15) is 5.75 Å². The molecular weight excluding hydrogens is 368 g/mol. The van der Waals surface area contributed by atoms with E-state index in [1.54, 1.807) is 24.0 Å². The lowest BCUT2D eigenvalue weighted by Gasteiger charge is -2.13. The summed E-state index contributed by atoms with van der Waals surface area (Å²) < 4.78 is 12.4. The number of nitrogens with zero attached hydrogens (tertiary/aromatic N) is 3. The van der Waals surface area contributed by atoms with Gasteiger partial charge in [0.15, 0.2) is 0 Å². The monoisotopic (exact) mass is 394 g/mol. The van der Waals surface area contributed by atoms with Crippen LogP contribution in [0.4, 0.5) is 5.95 Å². The molecular formula is C22H26N4O3. The van der Waals surface area contributed by atoms with Gasteiger partial charge in [-0.15, -0.1) is 0 Å². The summed E-state index contributed by atoms with van der Waals surface area (Å²) in [7, 11) is 1.63. The standard InChI is InChI=1S/C22H26N4O3/c1-16(2)29-14-6-13-26-21(27)19-7-4-5-8-20(19)24-22(26)25-23-15-17-9-11-18(28-3)12-10-17/h4-5,7-12,15-16H,6,13-14H2,1-3H3,(H,24,25)/b23-15-. The van der Waals surface area contributed by atoms with Crippen molar-refractivity contribution >= 4 is 23.1 Å². The first-order valence-corrected chi connectivity index (χ1v) is 9.63. The lowest BCUT2D eigenvalue weighted by molar-refractivity contribution is 0.0748. The normalized spacial score (nSPS) is 11.4. The number of hydrogen-bond donors (Lipinski definition) is 1. The molecule has 7 nitrogen and oxygen atoms in total. The van der Waals surface area contributed by atoms with Crippen LogP contribution in [0.15, 0.2) is 58.4 Å². The molecule has 0 saturated carbocycles. The Hall–Kier alpha value is -3.19. The zero-order valence-electron chi connectivity index (χ0n) is 17.0. The van der Waals surface area contributed by atoms with Gasteiger partial charge in [-0.2, -0.15) is 5.10 Å². The summed E-state index contributed by atoms with van der Waals surface area (Å²) in [4.78, 5) is 17.5. The molecule has 2 aromatic carbocycles. The van der Waals surface area contributed by atoms with Crippen molar-refractivity contribution in [2.24, 2.45) is 5.10 Å². The number of rotatable bonds is 9. The highest BCUT2D eigenvalue weighted by Gasteiger charge is 2.10. The number of nitrogens with one attached hydrogen (secondary N) is 1. The van der Waals surface area contributed by atoms with Crippen molar-refractivity contribution in [1.82, 2.24) is 9.55 Å². The van der Waals surface area contributed by atoms with E-state index in [1.165, 1.54) is 0 Å². The first kappa shape index (κ1) is 20.5. The Morgan fingerprint density at radius 2 is 1.93 bits per heavy atom. The molecule has 152 valence electrons. The van der Waals surface area contributed by atoms with Gasteiger partial charge in [0.2, 0.25) is 5.95 Å². The largest absolute Gasteiger partial charge is 0.497 e. The van der Waals surface area contributed by atoms with E-state index in [0.717, 1.165) is 11.3 Å². The average Bonchev–Trinajstić information content (AvgIpc) is 2.73. The summed E-state index contributed by atoms with van der Waals surface area (Å²) in [5.74, 6) is 1.19. The second kappa shape index (κ2) is 9.84. The van der Waals surface area contributed by atoms with Crippen molar-refractivity contribution in [3.8, 4) is 5.75 Å². The van der Waals surface area contributed by atoms with Gasteiger partial charge >= 0.3 is 0 Å². The first-order valence-electron chi connectivity index (χ1n) is 9.63. The Bertz CT molecular complexity index is 1030. The minimum Gasteiger partial charge on any atom is -0.497 e. The molecule has 7 heteroatoms. The van der Waals surface area contributed by atoms with Gasteiger partial charge < -0.3 is 9.47 Å². The van der Waals surface area contributed by atoms with Crippen LogP contribution >= 0.6 is 0 Å². The minimum atomic E-state index is -0.0951. The third kappa shape index (κ3) is 5.42. The van der Waals surface area contributed by atoms with Gasteiger partial charge in [-0.3, -0.25) is 9.36 Å². The summed E-state index contributed by atoms with van der Waals surface area (Å²) in [6, 6.07) is 14.8. The Morgan fingerprint density at radius 1 is 1.17 bits per heavy atom. The van der Waals surface area contributed by atoms with Crippen LogP contribution in [0.25, 0.3) is 10.9 Å². The Morgan fingerprint density at radius 3 is 2.66 bits per heavy atom. The van der Waals surface area contributed by atoms with Crippen LogP contribution in [0.1, 0.15) is 25.8 Å². The lowest BCUT2D eigenvalue weighted by atomic mass is 10.2. The third-order valence-corrected chi connectivity index (χ3v) is 4.33. The predicted molar refractivity (Wildman–Crippen MR) is 116 cm³/mol. The first-order chi connectivity index (χ1) is 14.1. The molecule has 0 bridgehead atoms. The number of hydrogen-bond acceptors (Lipinski definition) is 6. The molecule has 0 aliphatic heterocycles. The van der Waals surface area contributed by atoms with Crippen molar-refractivity contribution in [3.63, 3.8) is 0 Å². The number of fused-ring (bicyclic) bond motifs is 1. The third-order valence-electron chi connectivity index (χ3n) is 4.33. The van der Waals surface area contributed by atoms with Crippen LogP contribution in [0, 0.1) is 0 Å². The molecule has 1 heterocycles. The number of anilines is 1. The fourth-order valence-corrected chi connectivity index (χ4v) is 2.86. The van der Waals surface area contributed by atoms with Gasteiger partial charge in [0, 0.05) is 13.2 Å². The van der Waals surface area contributed by atoms with Crippen LogP contribution in [0.5, 0.6) is 5.75 Å². The van der Waals surface area contributed by atoms with E-state index in [2.05, 4.69) is 15.5 Å². The van der Waals surface area contributed by atoms with E-state index >= 15 is 0 Å². The molecule has 0 amide bonds. The molecule has 1 N–H and O–H groups in total. The second-order valence-electron chi connectivity index (χ2n) is 6.83. The molecule has 1 aromatic heterocycles. The molecule has 0 aliphatic rings. The fourth-order valence-electron chi connectivity index (χ4n) is 2.86. The maximum Gasteiger partial charge on any atom is 0.262 e. The zero-order chi connectivity index (χ0) is 20.6. The van der Waals surface area contributed by atoms with Gasteiger partial charge in [0.25, 0.3) is 5.56 Å². The van der Waals surface area contributed by atoms with Gasteiger partial charge in [-0.25, -0.2) is 10.4 Å². The summed E-state index contributed by atoms with van der Waals surface area (Å²) in [6.07, 6.45) is 2.54. The molecule has 0 radical (unpaired) electrons.